The van der Waals surface area contributed by atoms with Crippen LogP contribution in [0.2, 0.25) is 0 Å². The Morgan fingerprint density at radius 3 is 2.52 bits per heavy atom. The van der Waals surface area contributed by atoms with Gasteiger partial charge in [-0.25, -0.2) is 4.98 Å². The summed E-state index contributed by atoms with van der Waals surface area (Å²) in [6, 6.07) is 7.66. The molecule has 1 aromatic heterocycles. The number of aryl methyl sites for hydroxylation is 1. The van der Waals surface area contributed by atoms with E-state index in [1.807, 2.05) is 38.1 Å². The first-order valence-corrected chi connectivity index (χ1v) is 9.18. The molecule has 1 fully saturated rings. The molecule has 0 N–H and O–H groups in total. The first-order valence-electron chi connectivity index (χ1n) is 9.18. The van der Waals surface area contributed by atoms with Gasteiger partial charge in [-0.1, -0.05) is 12.1 Å². The number of carbonyl (C=O) groups is 1. The third-order valence-corrected chi connectivity index (χ3v) is 4.91. The van der Waals surface area contributed by atoms with Crippen molar-refractivity contribution in [3.8, 4) is 0 Å². The van der Waals surface area contributed by atoms with Crippen LogP contribution in [-0.2, 0) is 11.3 Å². The van der Waals surface area contributed by atoms with Gasteiger partial charge in [-0.2, -0.15) is 0 Å². The van der Waals surface area contributed by atoms with E-state index >= 15 is 0 Å². The summed E-state index contributed by atoms with van der Waals surface area (Å²) < 4.78 is 1.72. The van der Waals surface area contributed by atoms with Gasteiger partial charge < -0.3 is 14.4 Å². The number of rotatable bonds is 6. The number of hydrogen-bond acceptors (Lipinski definition) is 4. The lowest BCUT2D eigenvalue weighted by Crippen LogP contribution is -2.34. The lowest BCUT2D eigenvalue weighted by Gasteiger charge is -2.21. The minimum atomic E-state index is -0.0899. The second kappa shape index (κ2) is 7.68. The van der Waals surface area contributed by atoms with Crippen molar-refractivity contribution in [1.29, 1.82) is 0 Å². The molecule has 1 aliphatic rings. The maximum absolute atomic E-state index is 13.0. The molecule has 3 rings (SSSR count). The number of nitrogens with zero attached hydrogens (tertiary/aromatic N) is 4. The van der Waals surface area contributed by atoms with Crippen LogP contribution in [0.5, 0.6) is 0 Å². The van der Waals surface area contributed by atoms with Crippen LogP contribution in [0.1, 0.15) is 33.1 Å². The van der Waals surface area contributed by atoms with E-state index in [-0.39, 0.29) is 11.5 Å². The third kappa shape index (κ3) is 3.52. The zero-order valence-electron chi connectivity index (χ0n) is 15.1. The van der Waals surface area contributed by atoms with Gasteiger partial charge in [0.15, 0.2) is 5.82 Å². The van der Waals surface area contributed by atoms with Crippen molar-refractivity contribution in [2.24, 2.45) is 0 Å². The minimum absolute atomic E-state index is 0.0838. The van der Waals surface area contributed by atoms with Crippen LogP contribution >= 0.6 is 0 Å². The van der Waals surface area contributed by atoms with Crippen LogP contribution in [0, 0.1) is 0 Å². The Bertz CT molecular complexity index is 805. The second-order valence-corrected chi connectivity index (χ2v) is 6.39. The quantitative estimate of drug-likeness (QED) is 0.808. The zero-order chi connectivity index (χ0) is 17.8. The van der Waals surface area contributed by atoms with Gasteiger partial charge in [0.25, 0.3) is 5.56 Å². The number of amides is 1. The van der Waals surface area contributed by atoms with Crippen molar-refractivity contribution in [3.05, 3.63) is 34.6 Å². The number of hydrogen-bond donors (Lipinski definition) is 0. The number of benzene rings is 1. The summed E-state index contributed by atoms with van der Waals surface area (Å²) in [4.78, 5) is 33.9. The molecule has 0 radical (unpaired) electrons. The molecule has 0 spiro atoms. The molecular formula is C19H26N4O2. The van der Waals surface area contributed by atoms with E-state index in [2.05, 4.69) is 9.88 Å². The van der Waals surface area contributed by atoms with Gasteiger partial charge in [0.2, 0.25) is 5.91 Å². The van der Waals surface area contributed by atoms with Crippen molar-refractivity contribution < 1.29 is 4.79 Å². The Hall–Kier alpha value is -2.37. The van der Waals surface area contributed by atoms with Gasteiger partial charge >= 0.3 is 0 Å². The smallest absolute Gasteiger partial charge is 0.294 e. The highest BCUT2D eigenvalue weighted by Gasteiger charge is 2.20. The van der Waals surface area contributed by atoms with E-state index in [0.29, 0.717) is 31.9 Å². The van der Waals surface area contributed by atoms with Crippen molar-refractivity contribution in [3.63, 3.8) is 0 Å². The molecule has 1 aromatic carbocycles. The first kappa shape index (κ1) is 17.5. The van der Waals surface area contributed by atoms with Crippen LogP contribution in [0.15, 0.2) is 29.1 Å². The molecule has 134 valence electrons. The van der Waals surface area contributed by atoms with Gasteiger partial charge in [0.05, 0.1) is 11.0 Å². The minimum Gasteiger partial charge on any atom is -0.352 e. The summed E-state index contributed by atoms with van der Waals surface area (Å²) >= 11 is 0. The number of anilines is 1. The molecule has 0 atom stereocenters. The zero-order valence-corrected chi connectivity index (χ0v) is 15.1. The highest BCUT2D eigenvalue weighted by molar-refractivity contribution is 5.78. The predicted octanol–water partition coefficient (Wildman–Crippen LogP) is 2.26. The second-order valence-electron chi connectivity index (χ2n) is 6.39. The SMILES string of the molecule is CCN(CC)C(=O)CCn1c(=O)c(N2CCCC2)nc2ccccc21. The number of aromatic nitrogens is 2. The van der Waals surface area contributed by atoms with E-state index in [4.69, 9.17) is 0 Å². The summed E-state index contributed by atoms with van der Waals surface area (Å²) in [7, 11) is 0. The number of para-hydroxylation sites is 2. The van der Waals surface area contributed by atoms with E-state index in [1.54, 1.807) is 9.47 Å². The average Bonchev–Trinajstić information content (AvgIpc) is 3.16. The molecule has 25 heavy (non-hydrogen) atoms. The number of fused-ring (bicyclic) bond motifs is 1. The van der Waals surface area contributed by atoms with Crippen molar-refractivity contribution in [1.82, 2.24) is 14.5 Å². The van der Waals surface area contributed by atoms with Crippen LogP contribution in [0.4, 0.5) is 5.82 Å². The standard InChI is InChI=1S/C19H26N4O2/c1-3-21(4-2)17(24)11-14-23-16-10-6-5-9-15(16)20-18(19(23)25)22-12-7-8-13-22/h5-6,9-10H,3-4,7-8,11-14H2,1-2H3. The predicted molar refractivity (Wildman–Crippen MR) is 100.0 cm³/mol. The fourth-order valence-corrected chi connectivity index (χ4v) is 3.48. The number of carbonyl (C=O) groups excluding carboxylic acids is 1. The van der Waals surface area contributed by atoms with Crippen molar-refractivity contribution in [2.75, 3.05) is 31.1 Å². The maximum atomic E-state index is 13.0. The molecule has 1 amide bonds. The largest absolute Gasteiger partial charge is 0.352 e. The van der Waals surface area contributed by atoms with E-state index < -0.39 is 0 Å². The van der Waals surface area contributed by atoms with Gasteiger partial charge in [-0.3, -0.25) is 9.59 Å². The van der Waals surface area contributed by atoms with Gasteiger partial charge in [0, 0.05) is 39.1 Å². The first-order chi connectivity index (χ1) is 12.2. The van der Waals surface area contributed by atoms with Crippen LogP contribution in [0.25, 0.3) is 11.0 Å². The Morgan fingerprint density at radius 2 is 1.84 bits per heavy atom. The van der Waals surface area contributed by atoms with E-state index in [1.165, 1.54) is 0 Å². The normalized spacial score (nSPS) is 14.2. The molecule has 0 bridgehead atoms. The lowest BCUT2D eigenvalue weighted by atomic mass is 10.2. The Labute approximate surface area is 148 Å². The molecule has 6 heteroatoms. The topological polar surface area (TPSA) is 58.4 Å². The van der Waals surface area contributed by atoms with Crippen LogP contribution in [0.3, 0.4) is 0 Å². The average molecular weight is 342 g/mol. The Morgan fingerprint density at radius 1 is 1.16 bits per heavy atom. The molecule has 1 aliphatic heterocycles. The molecule has 0 aliphatic carbocycles. The summed E-state index contributed by atoms with van der Waals surface area (Å²) in [6.45, 7) is 7.47. The molecule has 6 nitrogen and oxygen atoms in total. The molecule has 2 aromatic rings. The lowest BCUT2D eigenvalue weighted by molar-refractivity contribution is -0.131. The fourth-order valence-electron chi connectivity index (χ4n) is 3.48. The van der Waals surface area contributed by atoms with Crippen molar-refractivity contribution in [2.45, 2.75) is 39.7 Å². The highest BCUT2D eigenvalue weighted by Crippen LogP contribution is 2.18. The van der Waals surface area contributed by atoms with E-state index in [0.717, 1.165) is 37.0 Å². The highest BCUT2D eigenvalue weighted by atomic mass is 16.2. The Kier molecular flexibility index (Phi) is 5.36. The van der Waals surface area contributed by atoms with Crippen LogP contribution < -0.4 is 10.5 Å². The van der Waals surface area contributed by atoms with Gasteiger partial charge in [-0.15, -0.1) is 0 Å². The van der Waals surface area contributed by atoms with Crippen LogP contribution in [-0.4, -0.2) is 46.5 Å². The summed E-state index contributed by atoms with van der Waals surface area (Å²) in [5.41, 5.74) is 1.51. The summed E-state index contributed by atoms with van der Waals surface area (Å²) in [6.07, 6.45) is 2.51. The molecule has 0 saturated carbocycles. The molecule has 2 heterocycles. The van der Waals surface area contributed by atoms with E-state index in [9.17, 15) is 9.59 Å². The maximum Gasteiger partial charge on any atom is 0.294 e. The Balaban J connectivity index is 1.96. The summed E-state index contributed by atoms with van der Waals surface area (Å²) in [5.74, 6) is 0.604. The molecule has 1 saturated heterocycles. The molecular weight excluding hydrogens is 316 g/mol. The van der Waals surface area contributed by atoms with Gasteiger partial charge in [-0.05, 0) is 38.8 Å². The van der Waals surface area contributed by atoms with Crippen molar-refractivity contribution >= 4 is 22.8 Å². The monoisotopic (exact) mass is 342 g/mol. The van der Waals surface area contributed by atoms with Gasteiger partial charge in [0.1, 0.15) is 0 Å². The summed E-state index contributed by atoms with van der Waals surface area (Å²) in [5, 5.41) is 0. The third-order valence-electron chi connectivity index (χ3n) is 4.91. The molecule has 0 unspecified atom stereocenters. The fraction of sp³-hybridized carbons (Fsp3) is 0.526.